The Morgan fingerprint density at radius 2 is 1.29 bits per heavy atom. The Labute approximate surface area is 182 Å². The van der Waals surface area contributed by atoms with Crippen molar-refractivity contribution < 1.29 is 54.3 Å². The molecule has 2 aliphatic heterocycles. The van der Waals surface area contributed by atoms with Gasteiger partial charge in [-0.3, -0.25) is 0 Å². The molecule has 2 saturated heterocycles. The molecule has 184 valence electrons. The quantitative estimate of drug-likeness (QED) is 0.246. The molecule has 0 aromatic heterocycles. The zero-order valence-electron chi connectivity index (χ0n) is 18.7. The highest BCUT2D eigenvalue weighted by atomic mass is 16.7. The van der Waals surface area contributed by atoms with Crippen molar-refractivity contribution in [1.82, 2.24) is 0 Å². The molecule has 2 rings (SSSR count). The van der Waals surface area contributed by atoms with Crippen molar-refractivity contribution in [1.29, 1.82) is 0 Å². The van der Waals surface area contributed by atoms with E-state index in [1.165, 1.54) is 0 Å². The summed E-state index contributed by atoms with van der Waals surface area (Å²) >= 11 is 0. The van der Waals surface area contributed by atoms with Crippen molar-refractivity contribution in [3.8, 4) is 0 Å². The second kappa shape index (κ2) is 11.1. The van der Waals surface area contributed by atoms with Crippen molar-refractivity contribution in [2.75, 3.05) is 13.2 Å². The summed E-state index contributed by atoms with van der Waals surface area (Å²) in [6.07, 6.45) is -12.8. The molecule has 10 unspecified atom stereocenters. The van der Waals surface area contributed by atoms with Crippen LogP contribution in [-0.4, -0.2) is 117 Å². The molecule has 2 fully saturated rings. The second-order valence-electron chi connectivity index (χ2n) is 9.06. The molecule has 0 amide bonds. The molecular formula is C20H38O11. The highest BCUT2D eigenvalue weighted by Crippen LogP contribution is 2.32. The number of aliphatic hydroxyl groups is 6. The lowest BCUT2D eigenvalue weighted by atomic mass is 9.96. The molecule has 0 aliphatic carbocycles. The molecule has 6 N–H and O–H groups in total. The van der Waals surface area contributed by atoms with Gasteiger partial charge in [-0.2, -0.15) is 0 Å². The SMILES string of the molecule is CC[C@H](C)OC1OC(CO)C(OC2OC(CO)C(OC(C)(C)C)C(O)C2O)C(O)C1O. The van der Waals surface area contributed by atoms with E-state index in [0.717, 1.165) is 0 Å². The maximum absolute atomic E-state index is 10.6. The van der Waals surface area contributed by atoms with E-state index in [0.29, 0.717) is 6.42 Å². The second-order valence-corrected chi connectivity index (χ2v) is 9.06. The van der Waals surface area contributed by atoms with Crippen LogP contribution in [0.5, 0.6) is 0 Å². The molecule has 0 aromatic rings. The molecule has 0 spiro atoms. The summed E-state index contributed by atoms with van der Waals surface area (Å²) in [5.74, 6) is 0. The first-order valence-electron chi connectivity index (χ1n) is 10.7. The average molecular weight is 455 g/mol. The van der Waals surface area contributed by atoms with Gasteiger partial charge in [-0.25, -0.2) is 0 Å². The zero-order chi connectivity index (χ0) is 23.5. The number of aliphatic hydroxyl groups excluding tert-OH is 6. The monoisotopic (exact) mass is 454 g/mol. The van der Waals surface area contributed by atoms with Crippen LogP contribution in [0.3, 0.4) is 0 Å². The van der Waals surface area contributed by atoms with Gasteiger partial charge in [-0.1, -0.05) is 6.92 Å². The molecule has 31 heavy (non-hydrogen) atoms. The molecule has 2 heterocycles. The van der Waals surface area contributed by atoms with Crippen LogP contribution < -0.4 is 0 Å². The standard InChI is InChI=1S/C20H38O11/c1-6-9(2)27-18-14(25)12(23)16(10(7-21)28-18)30-19-15(26)13(24)17(11(8-22)29-19)31-20(3,4)5/h9-19,21-26H,6-8H2,1-5H3/t9-,10?,11?,12?,13?,14?,15?,16?,17?,18?,19?/m0/s1. The first-order chi connectivity index (χ1) is 14.4. The van der Waals surface area contributed by atoms with Gasteiger partial charge in [0.2, 0.25) is 0 Å². The highest BCUT2D eigenvalue weighted by Gasteiger charge is 2.51. The van der Waals surface area contributed by atoms with E-state index in [1.807, 2.05) is 6.92 Å². The lowest BCUT2D eigenvalue weighted by Crippen LogP contribution is -2.65. The van der Waals surface area contributed by atoms with Gasteiger partial charge < -0.3 is 54.3 Å². The minimum absolute atomic E-state index is 0.257. The number of hydrogen-bond donors (Lipinski definition) is 6. The highest BCUT2D eigenvalue weighted by molar-refractivity contribution is 4.95. The van der Waals surface area contributed by atoms with Gasteiger partial charge in [-0.15, -0.1) is 0 Å². The number of ether oxygens (including phenoxy) is 5. The van der Waals surface area contributed by atoms with Gasteiger partial charge in [0.15, 0.2) is 12.6 Å². The van der Waals surface area contributed by atoms with E-state index in [2.05, 4.69) is 0 Å². The third-order valence-corrected chi connectivity index (χ3v) is 5.36. The van der Waals surface area contributed by atoms with Gasteiger partial charge in [0.05, 0.1) is 24.9 Å². The van der Waals surface area contributed by atoms with E-state index in [1.54, 1.807) is 27.7 Å². The van der Waals surface area contributed by atoms with Crippen LogP contribution in [0, 0.1) is 0 Å². The minimum Gasteiger partial charge on any atom is -0.394 e. The smallest absolute Gasteiger partial charge is 0.187 e. The van der Waals surface area contributed by atoms with Crippen molar-refractivity contribution >= 4 is 0 Å². The van der Waals surface area contributed by atoms with Crippen LogP contribution in [0.15, 0.2) is 0 Å². The zero-order valence-corrected chi connectivity index (χ0v) is 18.7. The van der Waals surface area contributed by atoms with Crippen LogP contribution in [0.2, 0.25) is 0 Å². The fraction of sp³-hybridized carbons (Fsp3) is 1.00. The largest absolute Gasteiger partial charge is 0.394 e. The fourth-order valence-corrected chi connectivity index (χ4v) is 3.53. The van der Waals surface area contributed by atoms with Gasteiger partial charge in [0.25, 0.3) is 0 Å². The van der Waals surface area contributed by atoms with Gasteiger partial charge >= 0.3 is 0 Å². The summed E-state index contributed by atoms with van der Waals surface area (Å²) in [5.41, 5.74) is -0.681. The summed E-state index contributed by atoms with van der Waals surface area (Å²) in [4.78, 5) is 0. The van der Waals surface area contributed by atoms with Gasteiger partial charge in [-0.05, 0) is 34.1 Å². The van der Waals surface area contributed by atoms with E-state index in [-0.39, 0.29) is 6.10 Å². The molecule has 11 heteroatoms. The Kier molecular flexibility index (Phi) is 9.62. The van der Waals surface area contributed by atoms with E-state index in [9.17, 15) is 30.6 Å². The summed E-state index contributed by atoms with van der Waals surface area (Å²) in [6.45, 7) is 7.83. The topological polar surface area (TPSA) is 168 Å². The minimum atomic E-state index is -1.59. The molecule has 0 saturated carbocycles. The van der Waals surface area contributed by atoms with Crippen LogP contribution in [0.4, 0.5) is 0 Å². The van der Waals surface area contributed by atoms with Crippen LogP contribution in [0.1, 0.15) is 41.0 Å². The lowest BCUT2D eigenvalue weighted by molar-refractivity contribution is -0.367. The number of rotatable bonds is 8. The number of hydrogen-bond acceptors (Lipinski definition) is 11. The summed E-state index contributed by atoms with van der Waals surface area (Å²) in [6, 6.07) is 0. The maximum Gasteiger partial charge on any atom is 0.187 e. The molecule has 11 atom stereocenters. The Hall–Kier alpha value is -0.440. The van der Waals surface area contributed by atoms with Gasteiger partial charge in [0.1, 0.15) is 48.8 Å². The molecule has 0 bridgehead atoms. The van der Waals surface area contributed by atoms with Crippen molar-refractivity contribution in [3.05, 3.63) is 0 Å². The van der Waals surface area contributed by atoms with E-state index >= 15 is 0 Å². The van der Waals surface area contributed by atoms with Crippen molar-refractivity contribution in [2.45, 2.75) is 114 Å². The molecule has 0 radical (unpaired) electrons. The van der Waals surface area contributed by atoms with Crippen LogP contribution in [0.25, 0.3) is 0 Å². The van der Waals surface area contributed by atoms with Gasteiger partial charge in [0, 0.05) is 0 Å². The molecule has 11 nitrogen and oxygen atoms in total. The molecular weight excluding hydrogens is 416 g/mol. The van der Waals surface area contributed by atoms with Crippen LogP contribution >= 0.6 is 0 Å². The predicted molar refractivity (Wildman–Crippen MR) is 106 cm³/mol. The Morgan fingerprint density at radius 3 is 1.81 bits per heavy atom. The summed E-state index contributed by atoms with van der Waals surface area (Å²) < 4.78 is 28.1. The third kappa shape index (κ3) is 6.55. The molecule has 2 aliphatic rings. The maximum atomic E-state index is 10.6. The first-order valence-corrected chi connectivity index (χ1v) is 10.7. The predicted octanol–water partition coefficient (Wildman–Crippen LogP) is -1.75. The van der Waals surface area contributed by atoms with Crippen molar-refractivity contribution in [3.63, 3.8) is 0 Å². The lowest BCUT2D eigenvalue weighted by Gasteiger charge is -2.47. The fourth-order valence-electron chi connectivity index (χ4n) is 3.53. The Balaban J connectivity index is 2.13. The first kappa shape index (κ1) is 26.8. The summed E-state index contributed by atoms with van der Waals surface area (Å²) in [5, 5.41) is 61.5. The average Bonchev–Trinajstić information content (AvgIpc) is 2.71. The Morgan fingerprint density at radius 1 is 0.806 bits per heavy atom. The molecule has 0 aromatic carbocycles. The Bertz CT molecular complexity index is 538. The van der Waals surface area contributed by atoms with Crippen LogP contribution in [-0.2, 0) is 23.7 Å². The van der Waals surface area contributed by atoms with E-state index in [4.69, 9.17) is 23.7 Å². The van der Waals surface area contributed by atoms with E-state index < -0.39 is 80.2 Å². The summed E-state index contributed by atoms with van der Waals surface area (Å²) in [7, 11) is 0. The van der Waals surface area contributed by atoms with Crippen molar-refractivity contribution in [2.24, 2.45) is 0 Å². The normalized spacial score (nSPS) is 43.1. The third-order valence-electron chi connectivity index (χ3n) is 5.36.